The molecule has 0 amide bonds. The van der Waals surface area contributed by atoms with Crippen LogP contribution in [-0.2, 0) is 4.74 Å². The van der Waals surface area contributed by atoms with Gasteiger partial charge in [-0.3, -0.25) is 4.79 Å². The van der Waals surface area contributed by atoms with E-state index >= 15 is 4.39 Å². The number of anilines is 1. The summed E-state index contributed by atoms with van der Waals surface area (Å²) in [6.45, 7) is 4.62. The van der Waals surface area contributed by atoms with Gasteiger partial charge in [0.25, 0.3) is 0 Å². The molecule has 2 atom stereocenters. The minimum absolute atomic E-state index is 0.0659. The van der Waals surface area contributed by atoms with E-state index in [2.05, 4.69) is 16.9 Å². The lowest BCUT2D eigenvalue weighted by Crippen LogP contribution is -2.28. The fourth-order valence-corrected chi connectivity index (χ4v) is 4.48. The first-order valence-corrected chi connectivity index (χ1v) is 10.7. The van der Waals surface area contributed by atoms with Crippen molar-refractivity contribution in [3.05, 3.63) is 39.4 Å². The van der Waals surface area contributed by atoms with Crippen LogP contribution in [0.5, 0.6) is 5.75 Å². The van der Waals surface area contributed by atoms with Gasteiger partial charge in [-0.1, -0.05) is 0 Å². The van der Waals surface area contributed by atoms with E-state index < -0.39 is 29.6 Å². The Labute approximate surface area is 183 Å². The van der Waals surface area contributed by atoms with Gasteiger partial charge in [0.2, 0.25) is 5.43 Å². The van der Waals surface area contributed by atoms with E-state index in [1.54, 1.807) is 6.92 Å². The minimum atomic E-state index is -1.11. The normalized spacial score (nSPS) is 22.9. The highest BCUT2D eigenvalue weighted by Crippen LogP contribution is 2.41. The molecule has 8 nitrogen and oxygen atoms in total. The number of rotatable bonds is 4. The van der Waals surface area contributed by atoms with E-state index in [4.69, 9.17) is 9.47 Å². The fraction of sp³-hybridized carbons (Fsp3) is 0.500. The van der Waals surface area contributed by atoms with Gasteiger partial charge < -0.3 is 23.8 Å². The van der Waals surface area contributed by atoms with Gasteiger partial charge in [0, 0.05) is 32.6 Å². The first-order valence-electron chi connectivity index (χ1n) is 10.7. The number of halogens is 2. The monoisotopic (exact) mass is 446 g/mol. The maximum atomic E-state index is 15.2. The molecule has 1 fully saturated rings. The van der Waals surface area contributed by atoms with Crippen LogP contribution >= 0.6 is 0 Å². The molecule has 0 N–H and O–H groups in total. The highest BCUT2D eigenvalue weighted by Gasteiger charge is 2.41. The van der Waals surface area contributed by atoms with Crippen LogP contribution in [0.3, 0.4) is 0 Å². The molecular formula is C22H24F2N4O4. The maximum absolute atomic E-state index is 15.2. The summed E-state index contributed by atoms with van der Waals surface area (Å²) in [5.74, 6) is -0.849. The number of pyridine rings is 2. The second kappa shape index (κ2) is 7.84. The topological polar surface area (TPSA) is 76.9 Å². The van der Waals surface area contributed by atoms with E-state index in [9.17, 15) is 14.0 Å². The van der Waals surface area contributed by atoms with Gasteiger partial charge >= 0.3 is 6.16 Å². The summed E-state index contributed by atoms with van der Waals surface area (Å²) in [7, 11) is 2.05. The van der Waals surface area contributed by atoms with Crippen molar-refractivity contribution < 1.29 is 23.0 Å². The lowest BCUT2D eigenvalue weighted by Gasteiger charge is -2.23. The third-order valence-electron chi connectivity index (χ3n) is 6.22. The van der Waals surface area contributed by atoms with Crippen molar-refractivity contribution in [2.45, 2.75) is 32.0 Å². The molecule has 2 aromatic rings. The summed E-state index contributed by atoms with van der Waals surface area (Å²) < 4.78 is 40.3. The van der Waals surface area contributed by atoms with Gasteiger partial charge in [-0.05, 0) is 37.6 Å². The van der Waals surface area contributed by atoms with Crippen LogP contribution in [-0.4, -0.2) is 66.6 Å². The summed E-state index contributed by atoms with van der Waals surface area (Å²) in [6.07, 6.45) is 0.289. The Hall–Kier alpha value is -3.01. The number of ether oxygens (including phenoxy) is 2. The quantitative estimate of drug-likeness (QED) is 0.528. The number of fused-ring (bicyclic) bond motifs is 1. The Morgan fingerprint density at radius 3 is 2.75 bits per heavy atom. The standard InChI is InChI=1S/C22H24F2N4O4/c1-3-31-22(30)32-18-11-28(17-7-15(17)23)20-14(19(18)29)6-16(24)21(25-20)27-9-12-4-5-26(2)8-13(12)10-27/h6,11,15,17H,3-5,7-10H2,1-2H3/t15-,17+/m0/s1. The van der Waals surface area contributed by atoms with Crippen molar-refractivity contribution in [2.75, 3.05) is 44.7 Å². The summed E-state index contributed by atoms with van der Waals surface area (Å²) >= 11 is 0. The predicted octanol–water partition coefficient (Wildman–Crippen LogP) is 2.81. The Morgan fingerprint density at radius 1 is 1.28 bits per heavy atom. The molecule has 10 heteroatoms. The van der Waals surface area contributed by atoms with Gasteiger partial charge in [0.05, 0.1) is 24.2 Å². The molecule has 0 saturated heterocycles. The lowest BCUT2D eigenvalue weighted by atomic mass is 10.0. The van der Waals surface area contributed by atoms with Crippen LogP contribution in [0.1, 0.15) is 25.8 Å². The van der Waals surface area contributed by atoms with Gasteiger partial charge in [-0.2, -0.15) is 0 Å². The SMILES string of the molecule is CCOC(=O)Oc1cn([C@@H]2C[C@@H]2F)c2nc(N3CC4=C(CN(C)CC4)C3)c(F)cc2c1=O. The molecule has 4 heterocycles. The Morgan fingerprint density at radius 2 is 2.03 bits per heavy atom. The first kappa shape index (κ1) is 20.9. The number of nitrogens with zero attached hydrogens (tertiary/aromatic N) is 4. The van der Waals surface area contributed by atoms with Crippen LogP contribution < -0.4 is 15.1 Å². The Kier molecular flexibility index (Phi) is 5.11. The first-order chi connectivity index (χ1) is 15.4. The molecular weight excluding hydrogens is 422 g/mol. The number of carbonyl (C=O) groups is 1. The molecule has 1 aliphatic carbocycles. The summed E-state index contributed by atoms with van der Waals surface area (Å²) in [6, 6.07) is 0.556. The second-order valence-corrected chi connectivity index (χ2v) is 8.55. The number of hydrogen-bond acceptors (Lipinski definition) is 7. The minimum Gasteiger partial charge on any atom is -0.434 e. The van der Waals surface area contributed by atoms with Gasteiger partial charge in [0.15, 0.2) is 17.4 Å². The molecule has 0 spiro atoms. The van der Waals surface area contributed by atoms with Gasteiger partial charge in [0.1, 0.15) is 11.8 Å². The molecule has 0 radical (unpaired) electrons. The molecule has 1 saturated carbocycles. The van der Waals surface area contributed by atoms with E-state index in [0.29, 0.717) is 13.1 Å². The molecule has 3 aliphatic rings. The van der Waals surface area contributed by atoms with Crippen molar-refractivity contribution in [3.8, 4) is 5.75 Å². The number of hydrogen-bond donors (Lipinski definition) is 0. The van der Waals surface area contributed by atoms with Gasteiger partial charge in [-0.25, -0.2) is 18.6 Å². The highest BCUT2D eigenvalue weighted by molar-refractivity contribution is 5.80. The van der Waals surface area contributed by atoms with E-state index in [1.807, 2.05) is 4.90 Å². The predicted molar refractivity (Wildman–Crippen MR) is 114 cm³/mol. The van der Waals surface area contributed by atoms with Crippen LogP contribution in [0.4, 0.5) is 19.4 Å². The lowest BCUT2D eigenvalue weighted by molar-refractivity contribution is 0.103. The molecule has 170 valence electrons. The second-order valence-electron chi connectivity index (χ2n) is 8.55. The van der Waals surface area contributed by atoms with Crippen molar-refractivity contribution in [1.82, 2.24) is 14.5 Å². The number of alkyl halides is 1. The van der Waals surface area contributed by atoms with Crippen molar-refractivity contribution in [2.24, 2.45) is 0 Å². The number of aromatic nitrogens is 2. The third-order valence-corrected chi connectivity index (χ3v) is 6.22. The Bertz CT molecular complexity index is 1190. The summed E-state index contributed by atoms with van der Waals surface area (Å²) in [4.78, 5) is 33.2. The van der Waals surface area contributed by atoms with E-state index in [1.165, 1.54) is 21.9 Å². The molecule has 2 aromatic heterocycles. The number of likely N-dealkylation sites (N-methyl/N-ethyl adjacent to an activating group) is 1. The average Bonchev–Trinajstić information content (AvgIpc) is 3.32. The smallest absolute Gasteiger partial charge is 0.434 e. The van der Waals surface area contributed by atoms with Crippen LogP contribution in [0.15, 0.2) is 28.2 Å². The molecule has 5 rings (SSSR count). The fourth-order valence-electron chi connectivity index (χ4n) is 4.48. The molecule has 2 aliphatic heterocycles. The van der Waals surface area contributed by atoms with Crippen molar-refractivity contribution in [1.29, 1.82) is 0 Å². The summed E-state index contributed by atoms with van der Waals surface area (Å²) in [5, 5.41) is -0.0659. The maximum Gasteiger partial charge on any atom is 0.514 e. The average molecular weight is 446 g/mol. The van der Waals surface area contributed by atoms with Crippen LogP contribution in [0.25, 0.3) is 11.0 Å². The van der Waals surface area contributed by atoms with E-state index in [0.717, 1.165) is 25.6 Å². The van der Waals surface area contributed by atoms with Crippen molar-refractivity contribution in [3.63, 3.8) is 0 Å². The zero-order valence-electron chi connectivity index (χ0n) is 17.9. The van der Waals surface area contributed by atoms with Crippen LogP contribution in [0, 0.1) is 5.82 Å². The zero-order valence-corrected chi connectivity index (χ0v) is 17.9. The summed E-state index contributed by atoms with van der Waals surface area (Å²) in [5.41, 5.74) is 2.04. The third kappa shape index (κ3) is 3.62. The highest BCUT2D eigenvalue weighted by atomic mass is 19.1. The zero-order chi connectivity index (χ0) is 22.6. The van der Waals surface area contributed by atoms with Crippen molar-refractivity contribution >= 4 is 23.0 Å². The largest absolute Gasteiger partial charge is 0.514 e. The van der Waals surface area contributed by atoms with Crippen LogP contribution in [0.2, 0.25) is 0 Å². The molecule has 0 unspecified atom stereocenters. The van der Waals surface area contributed by atoms with E-state index in [-0.39, 0.29) is 35.6 Å². The molecule has 32 heavy (non-hydrogen) atoms. The Balaban J connectivity index is 1.56. The molecule has 0 aromatic carbocycles. The molecule has 0 bridgehead atoms. The van der Waals surface area contributed by atoms with Gasteiger partial charge in [-0.15, -0.1) is 0 Å². The number of carbonyl (C=O) groups excluding carboxylic acids is 1.